The summed E-state index contributed by atoms with van der Waals surface area (Å²) in [6.45, 7) is 2.40. The Morgan fingerprint density at radius 3 is 2.79 bits per heavy atom. The summed E-state index contributed by atoms with van der Waals surface area (Å²) in [5.41, 5.74) is 3.00. The topological polar surface area (TPSA) is 35.8 Å². The molecule has 0 fully saturated rings. The summed E-state index contributed by atoms with van der Waals surface area (Å²) in [6, 6.07) is 12.4. The lowest BCUT2D eigenvalue weighted by atomic mass is 10.1. The van der Waals surface area contributed by atoms with E-state index in [1.165, 1.54) is 6.07 Å². The van der Waals surface area contributed by atoms with Crippen LogP contribution in [0.25, 0.3) is 0 Å². The first-order valence-corrected chi connectivity index (χ1v) is 6.17. The minimum atomic E-state index is -0.449. The highest BCUT2D eigenvalue weighted by Crippen LogP contribution is 2.23. The quantitative estimate of drug-likeness (QED) is 0.907. The smallest absolute Gasteiger partial charge is 0.164 e. The fourth-order valence-corrected chi connectivity index (χ4v) is 1.97. The fourth-order valence-electron chi connectivity index (χ4n) is 1.79. The molecule has 4 heteroatoms. The normalized spacial score (nSPS) is 10.0. The lowest BCUT2D eigenvalue weighted by molar-refractivity contribution is 0.630. The SMILES string of the molecule is Cc1cc(C#N)ccc1CNc1cccc(Cl)c1F. The second-order valence-corrected chi connectivity index (χ2v) is 4.62. The third-order valence-electron chi connectivity index (χ3n) is 2.89. The molecular formula is C15H12ClFN2. The number of benzene rings is 2. The third-order valence-corrected chi connectivity index (χ3v) is 3.18. The van der Waals surface area contributed by atoms with Crippen molar-refractivity contribution >= 4 is 17.3 Å². The number of nitrogens with one attached hydrogen (secondary N) is 1. The predicted molar refractivity (Wildman–Crippen MR) is 74.6 cm³/mol. The van der Waals surface area contributed by atoms with E-state index < -0.39 is 5.82 Å². The minimum Gasteiger partial charge on any atom is -0.379 e. The Balaban J connectivity index is 2.15. The summed E-state index contributed by atoms with van der Waals surface area (Å²) >= 11 is 5.72. The number of anilines is 1. The van der Waals surface area contributed by atoms with E-state index in [1.54, 1.807) is 18.2 Å². The van der Waals surface area contributed by atoms with E-state index in [1.807, 2.05) is 19.1 Å². The van der Waals surface area contributed by atoms with Gasteiger partial charge in [-0.2, -0.15) is 5.26 Å². The molecule has 2 aromatic carbocycles. The highest BCUT2D eigenvalue weighted by Gasteiger charge is 2.06. The maximum Gasteiger partial charge on any atom is 0.164 e. The fraction of sp³-hybridized carbons (Fsp3) is 0.133. The maximum atomic E-state index is 13.7. The van der Waals surface area contributed by atoms with Crippen LogP contribution in [0.5, 0.6) is 0 Å². The second-order valence-electron chi connectivity index (χ2n) is 4.21. The van der Waals surface area contributed by atoms with Crippen molar-refractivity contribution in [3.63, 3.8) is 0 Å². The van der Waals surface area contributed by atoms with E-state index in [2.05, 4.69) is 11.4 Å². The Kier molecular flexibility index (Phi) is 4.03. The molecule has 0 heterocycles. The number of hydrogen-bond acceptors (Lipinski definition) is 2. The van der Waals surface area contributed by atoms with Crippen LogP contribution >= 0.6 is 11.6 Å². The molecule has 19 heavy (non-hydrogen) atoms. The van der Waals surface area contributed by atoms with Crippen molar-refractivity contribution in [2.45, 2.75) is 13.5 Å². The Morgan fingerprint density at radius 1 is 1.32 bits per heavy atom. The van der Waals surface area contributed by atoms with Gasteiger partial charge in [-0.3, -0.25) is 0 Å². The van der Waals surface area contributed by atoms with Gasteiger partial charge in [0.25, 0.3) is 0 Å². The van der Waals surface area contributed by atoms with E-state index >= 15 is 0 Å². The molecule has 2 rings (SSSR count). The van der Waals surface area contributed by atoms with Crippen molar-refractivity contribution < 1.29 is 4.39 Å². The van der Waals surface area contributed by atoms with Gasteiger partial charge in [0.1, 0.15) is 0 Å². The van der Waals surface area contributed by atoms with Gasteiger partial charge in [0.15, 0.2) is 5.82 Å². The molecule has 0 aliphatic heterocycles. The van der Waals surface area contributed by atoms with Crippen LogP contribution < -0.4 is 5.32 Å². The van der Waals surface area contributed by atoms with Crippen molar-refractivity contribution in [2.24, 2.45) is 0 Å². The summed E-state index contributed by atoms with van der Waals surface area (Å²) < 4.78 is 13.7. The first-order chi connectivity index (χ1) is 9.11. The molecule has 2 aromatic rings. The average Bonchev–Trinajstić information content (AvgIpc) is 2.41. The number of nitriles is 1. The number of aryl methyl sites for hydroxylation is 1. The van der Waals surface area contributed by atoms with Gasteiger partial charge in [0.05, 0.1) is 22.3 Å². The van der Waals surface area contributed by atoms with Crippen LogP contribution in [0.3, 0.4) is 0 Å². The van der Waals surface area contributed by atoms with Gasteiger partial charge in [-0.1, -0.05) is 23.7 Å². The highest BCUT2D eigenvalue weighted by molar-refractivity contribution is 6.31. The Morgan fingerprint density at radius 2 is 2.11 bits per heavy atom. The molecular weight excluding hydrogens is 263 g/mol. The van der Waals surface area contributed by atoms with Gasteiger partial charge in [0.2, 0.25) is 0 Å². The van der Waals surface area contributed by atoms with Crippen molar-refractivity contribution in [3.8, 4) is 6.07 Å². The predicted octanol–water partition coefficient (Wildman–Crippen LogP) is 4.27. The second kappa shape index (κ2) is 5.73. The molecule has 0 saturated heterocycles. The molecule has 0 radical (unpaired) electrons. The van der Waals surface area contributed by atoms with Crippen molar-refractivity contribution in [2.75, 3.05) is 5.32 Å². The van der Waals surface area contributed by atoms with Crippen molar-refractivity contribution in [1.29, 1.82) is 5.26 Å². The first-order valence-electron chi connectivity index (χ1n) is 5.79. The summed E-state index contributed by atoms with van der Waals surface area (Å²) in [6.07, 6.45) is 0. The van der Waals surface area contributed by atoms with E-state index in [0.29, 0.717) is 17.8 Å². The number of halogens is 2. The number of nitrogens with zero attached hydrogens (tertiary/aromatic N) is 1. The van der Waals surface area contributed by atoms with Crippen LogP contribution in [0.2, 0.25) is 5.02 Å². The Bertz CT molecular complexity index is 647. The number of hydrogen-bond donors (Lipinski definition) is 1. The standard InChI is InChI=1S/C15H12ClFN2/c1-10-7-11(8-18)5-6-12(10)9-19-14-4-2-3-13(16)15(14)17/h2-7,19H,9H2,1H3. The van der Waals surface area contributed by atoms with E-state index in [4.69, 9.17) is 16.9 Å². The largest absolute Gasteiger partial charge is 0.379 e. The van der Waals surface area contributed by atoms with E-state index in [0.717, 1.165) is 11.1 Å². The summed E-state index contributed by atoms with van der Waals surface area (Å²) in [7, 11) is 0. The van der Waals surface area contributed by atoms with Crippen LogP contribution in [-0.2, 0) is 6.54 Å². The molecule has 0 amide bonds. The molecule has 0 aliphatic rings. The summed E-state index contributed by atoms with van der Waals surface area (Å²) in [5, 5.41) is 11.9. The zero-order valence-electron chi connectivity index (χ0n) is 10.4. The lowest BCUT2D eigenvalue weighted by Crippen LogP contribution is -2.03. The van der Waals surface area contributed by atoms with Gasteiger partial charge in [-0.25, -0.2) is 4.39 Å². The molecule has 0 aliphatic carbocycles. The molecule has 2 nitrogen and oxygen atoms in total. The van der Waals surface area contributed by atoms with E-state index in [9.17, 15) is 4.39 Å². The maximum absolute atomic E-state index is 13.7. The Labute approximate surface area is 116 Å². The van der Waals surface area contributed by atoms with Crippen molar-refractivity contribution in [1.82, 2.24) is 0 Å². The van der Waals surface area contributed by atoms with Crippen LogP contribution in [0.1, 0.15) is 16.7 Å². The molecule has 1 N–H and O–H groups in total. The Hall–Kier alpha value is -2.05. The van der Waals surface area contributed by atoms with E-state index in [-0.39, 0.29) is 5.02 Å². The molecule has 96 valence electrons. The van der Waals surface area contributed by atoms with Gasteiger partial charge >= 0.3 is 0 Å². The summed E-state index contributed by atoms with van der Waals surface area (Å²) in [5.74, 6) is -0.449. The number of rotatable bonds is 3. The van der Waals surface area contributed by atoms with Crippen molar-refractivity contribution in [3.05, 3.63) is 63.9 Å². The zero-order valence-corrected chi connectivity index (χ0v) is 11.1. The zero-order chi connectivity index (χ0) is 13.8. The average molecular weight is 275 g/mol. The van der Waals surface area contributed by atoms with Crippen LogP contribution in [-0.4, -0.2) is 0 Å². The van der Waals surface area contributed by atoms with Crippen LogP contribution in [0.15, 0.2) is 36.4 Å². The highest BCUT2D eigenvalue weighted by atomic mass is 35.5. The van der Waals surface area contributed by atoms with Gasteiger partial charge < -0.3 is 5.32 Å². The molecule has 0 aromatic heterocycles. The van der Waals surface area contributed by atoms with Gasteiger partial charge in [0, 0.05) is 6.54 Å². The molecule has 0 saturated carbocycles. The molecule has 0 atom stereocenters. The molecule has 0 spiro atoms. The van der Waals surface area contributed by atoms with Crippen LogP contribution in [0, 0.1) is 24.1 Å². The minimum absolute atomic E-state index is 0.0987. The monoisotopic (exact) mass is 274 g/mol. The molecule has 0 bridgehead atoms. The molecule has 0 unspecified atom stereocenters. The first kappa shape index (κ1) is 13.4. The van der Waals surface area contributed by atoms with Gasteiger partial charge in [-0.05, 0) is 42.3 Å². The lowest BCUT2D eigenvalue weighted by Gasteiger charge is -2.10. The van der Waals surface area contributed by atoms with Crippen LogP contribution in [0.4, 0.5) is 10.1 Å². The third kappa shape index (κ3) is 3.04. The summed E-state index contributed by atoms with van der Waals surface area (Å²) in [4.78, 5) is 0. The van der Waals surface area contributed by atoms with Gasteiger partial charge in [-0.15, -0.1) is 0 Å².